The van der Waals surface area contributed by atoms with Crippen LogP contribution in [0.4, 0.5) is 0 Å². The molecule has 2 aliphatic rings. The molecular formula is C18H26N2O4. The SMILES string of the molecule is COCCN1CC[C@]2(CN(C(=O)c3cc(C)oc3C)C[C@H]2C)C1=O. The van der Waals surface area contributed by atoms with Gasteiger partial charge in [0.05, 0.1) is 17.6 Å². The highest BCUT2D eigenvalue weighted by molar-refractivity contribution is 5.96. The number of aryl methyl sites for hydroxylation is 2. The first-order chi connectivity index (χ1) is 11.4. The molecule has 2 aliphatic heterocycles. The van der Waals surface area contributed by atoms with E-state index in [2.05, 4.69) is 6.92 Å². The zero-order chi connectivity index (χ0) is 17.5. The molecule has 0 N–H and O–H groups in total. The maximum atomic E-state index is 12.9. The van der Waals surface area contributed by atoms with Gasteiger partial charge in [0, 0.05) is 33.3 Å². The summed E-state index contributed by atoms with van der Waals surface area (Å²) in [4.78, 5) is 29.5. The van der Waals surface area contributed by atoms with Crippen LogP contribution in [0.2, 0.25) is 0 Å². The van der Waals surface area contributed by atoms with Gasteiger partial charge in [-0.1, -0.05) is 6.92 Å². The number of carbonyl (C=O) groups excluding carboxylic acids is 2. The third kappa shape index (κ3) is 2.62. The zero-order valence-electron chi connectivity index (χ0n) is 14.9. The fraction of sp³-hybridized carbons (Fsp3) is 0.667. The van der Waals surface area contributed by atoms with Gasteiger partial charge in [0.2, 0.25) is 5.91 Å². The second-order valence-electron chi connectivity index (χ2n) is 7.10. The summed E-state index contributed by atoms with van der Waals surface area (Å²) in [6.07, 6.45) is 0.809. The van der Waals surface area contributed by atoms with Crippen molar-refractivity contribution in [3.05, 3.63) is 23.2 Å². The average Bonchev–Trinajstić information content (AvgIpc) is 3.16. The van der Waals surface area contributed by atoms with E-state index < -0.39 is 5.41 Å². The molecule has 0 saturated carbocycles. The minimum atomic E-state index is -0.434. The van der Waals surface area contributed by atoms with Crippen LogP contribution in [-0.4, -0.2) is 61.5 Å². The molecule has 0 aromatic carbocycles. The lowest BCUT2D eigenvalue weighted by molar-refractivity contribution is -0.137. The Hall–Kier alpha value is -1.82. The molecule has 0 bridgehead atoms. The Morgan fingerprint density at radius 3 is 2.83 bits per heavy atom. The van der Waals surface area contributed by atoms with Crippen LogP contribution in [0.15, 0.2) is 10.5 Å². The van der Waals surface area contributed by atoms with Gasteiger partial charge in [0.15, 0.2) is 0 Å². The topological polar surface area (TPSA) is 63.0 Å². The first kappa shape index (κ1) is 17.0. The van der Waals surface area contributed by atoms with E-state index in [4.69, 9.17) is 9.15 Å². The summed E-state index contributed by atoms with van der Waals surface area (Å²) in [6.45, 7) is 8.76. The number of nitrogens with zero attached hydrogens (tertiary/aromatic N) is 2. The summed E-state index contributed by atoms with van der Waals surface area (Å²) >= 11 is 0. The number of ether oxygens (including phenoxy) is 1. The third-order valence-electron chi connectivity index (χ3n) is 5.58. The van der Waals surface area contributed by atoms with Crippen molar-refractivity contribution in [1.29, 1.82) is 0 Å². The largest absolute Gasteiger partial charge is 0.466 e. The lowest BCUT2D eigenvalue weighted by Crippen LogP contribution is -2.41. The van der Waals surface area contributed by atoms with Crippen LogP contribution in [0.5, 0.6) is 0 Å². The van der Waals surface area contributed by atoms with Crippen LogP contribution in [0.3, 0.4) is 0 Å². The van der Waals surface area contributed by atoms with Crippen molar-refractivity contribution in [3.63, 3.8) is 0 Å². The minimum absolute atomic E-state index is 0.0313. The summed E-state index contributed by atoms with van der Waals surface area (Å²) in [5.74, 6) is 1.68. The molecule has 2 fully saturated rings. The van der Waals surface area contributed by atoms with E-state index in [0.717, 1.165) is 18.7 Å². The highest BCUT2D eigenvalue weighted by atomic mass is 16.5. The van der Waals surface area contributed by atoms with Crippen LogP contribution in [0.1, 0.15) is 35.2 Å². The second-order valence-corrected chi connectivity index (χ2v) is 7.10. The highest BCUT2D eigenvalue weighted by Crippen LogP contribution is 2.45. The molecule has 3 rings (SSSR count). The molecule has 2 amide bonds. The van der Waals surface area contributed by atoms with E-state index in [9.17, 15) is 9.59 Å². The number of amides is 2. The van der Waals surface area contributed by atoms with Crippen molar-refractivity contribution in [1.82, 2.24) is 9.80 Å². The summed E-state index contributed by atoms with van der Waals surface area (Å²) in [6, 6.07) is 1.79. The lowest BCUT2D eigenvalue weighted by atomic mass is 9.78. The number of methoxy groups -OCH3 is 1. The number of carbonyl (C=O) groups is 2. The summed E-state index contributed by atoms with van der Waals surface area (Å²) in [5.41, 5.74) is 0.175. The molecule has 0 aliphatic carbocycles. The fourth-order valence-corrected chi connectivity index (χ4v) is 4.11. The fourth-order valence-electron chi connectivity index (χ4n) is 4.11. The Morgan fingerprint density at radius 2 is 2.21 bits per heavy atom. The predicted octanol–water partition coefficient (Wildman–Crippen LogP) is 1.85. The molecule has 24 heavy (non-hydrogen) atoms. The summed E-state index contributed by atoms with van der Waals surface area (Å²) in [7, 11) is 1.64. The summed E-state index contributed by atoms with van der Waals surface area (Å²) in [5, 5.41) is 0. The molecule has 3 heterocycles. The Balaban J connectivity index is 1.76. The molecule has 6 heteroatoms. The van der Waals surface area contributed by atoms with Gasteiger partial charge in [-0.2, -0.15) is 0 Å². The molecule has 1 aromatic rings. The van der Waals surface area contributed by atoms with Crippen molar-refractivity contribution in [2.24, 2.45) is 11.3 Å². The number of hydrogen-bond acceptors (Lipinski definition) is 4. The first-order valence-electron chi connectivity index (χ1n) is 8.53. The molecule has 1 aromatic heterocycles. The van der Waals surface area contributed by atoms with Crippen LogP contribution in [0.25, 0.3) is 0 Å². The Kier molecular flexibility index (Phi) is 4.42. The number of rotatable bonds is 4. The second kappa shape index (κ2) is 6.24. The van der Waals surface area contributed by atoms with Gasteiger partial charge in [-0.05, 0) is 32.3 Å². The monoisotopic (exact) mass is 334 g/mol. The predicted molar refractivity (Wildman–Crippen MR) is 88.8 cm³/mol. The normalized spacial score (nSPS) is 26.8. The highest BCUT2D eigenvalue weighted by Gasteiger charge is 2.55. The summed E-state index contributed by atoms with van der Waals surface area (Å²) < 4.78 is 10.6. The lowest BCUT2D eigenvalue weighted by Gasteiger charge is -2.26. The Labute approximate surface area is 142 Å². The van der Waals surface area contributed by atoms with Crippen LogP contribution in [0, 0.1) is 25.2 Å². The minimum Gasteiger partial charge on any atom is -0.466 e. The van der Waals surface area contributed by atoms with E-state index in [-0.39, 0.29) is 17.7 Å². The van der Waals surface area contributed by atoms with Gasteiger partial charge in [-0.15, -0.1) is 0 Å². The van der Waals surface area contributed by atoms with Crippen LogP contribution < -0.4 is 0 Å². The smallest absolute Gasteiger partial charge is 0.257 e. The van der Waals surface area contributed by atoms with Gasteiger partial charge in [0.25, 0.3) is 5.91 Å². The Morgan fingerprint density at radius 1 is 1.46 bits per heavy atom. The van der Waals surface area contributed by atoms with Crippen molar-refractivity contribution >= 4 is 11.8 Å². The molecule has 2 saturated heterocycles. The molecule has 0 radical (unpaired) electrons. The van der Waals surface area contributed by atoms with Gasteiger partial charge in [-0.25, -0.2) is 0 Å². The van der Waals surface area contributed by atoms with Crippen molar-refractivity contribution < 1.29 is 18.7 Å². The first-order valence-corrected chi connectivity index (χ1v) is 8.53. The van der Waals surface area contributed by atoms with E-state index in [1.165, 1.54) is 0 Å². The number of likely N-dealkylation sites (tertiary alicyclic amines) is 2. The van der Waals surface area contributed by atoms with Gasteiger partial charge >= 0.3 is 0 Å². The number of furan rings is 1. The zero-order valence-corrected chi connectivity index (χ0v) is 14.9. The van der Waals surface area contributed by atoms with Crippen LogP contribution in [-0.2, 0) is 9.53 Å². The van der Waals surface area contributed by atoms with Crippen molar-refractivity contribution in [2.45, 2.75) is 27.2 Å². The van der Waals surface area contributed by atoms with Gasteiger partial charge < -0.3 is 19.0 Å². The third-order valence-corrected chi connectivity index (χ3v) is 5.58. The van der Waals surface area contributed by atoms with E-state index in [1.54, 1.807) is 13.2 Å². The molecule has 6 nitrogen and oxygen atoms in total. The average molecular weight is 334 g/mol. The van der Waals surface area contributed by atoms with Crippen molar-refractivity contribution in [2.75, 3.05) is 39.9 Å². The van der Waals surface area contributed by atoms with Gasteiger partial charge in [0.1, 0.15) is 11.5 Å². The molecule has 2 atom stereocenters. The molecule has 1 spiro atoms. The maximum Gasteiger partial charge on any atom is 0.257 e. The quantitative estimate of drug-likeness (QED) is 0.843. The maximum absolute atomic E-state index is 12.9. The molecular weight excluding hydrogens is 308 g/mol. The Bertz CT molecular complexity index is 653. The van der Waals surface area contributed by atoms with E-state index >= 15 is 0 Å². The molecule has 0 unspecified atom stereocenters. The standard InChI is InChI=1S/C18H26N2O4/c1-12-10-20(16(21)15-9-13(2)24-14(15)3)11-18(12)5-6-19(17(18)22)7-8-23-4/h9,12H,5-8,10-11H2,1-4H3/t12-,18-/m1/s1. The van der Waals surface area contributed by atoms with Gasteiger partial charge in [-0.3, -0.25) is 9.59 Å². The van der Waals surface area contributed by atoms with Crippen molar-refractivity contribution in [3.8, 4) is 0 Å². The van der Waals surface area contributed by atoms with E-state index in [1.807, 2.05) is 23.6 Å². The van der Waals surface area contributed by atoms with E-state index in [0.29, 0.717) is 37.6 Å². The molecule has 132 valence electrons. The van der Waals surface area contributed by atoms with Crippen LogP contribution >= 0.6 is 0 Å². The number of hydrogen-bond donors (Lipinski definition) is 0.